The molecule has 1 heterocycles. The largest absolute Gasteiger partial charge is 0.488 e. The number of hydrogen-bond acceptors (Lipinski definition) is 4. The third kappa shape index (κ3) is 3.45. The first-order valence-corrected chi connectivity index (χ1v) is 6.30. The van der Waals surface area contributed by atoms with Gasteiger partial charge in [-0.1, -0.05) is 18.2 Å². The Morgan fingerprint density at radius 1 is 1.39 bits per heavy atom. The maximum Gasteiger partial charge on any atom is 0.123 e. The fourth-order valence-electron chi connectivity index (χ4n) is 2.17. The Balaban J connectivity index is 1.70. The summed E-state index contributed by atoms with van der Waals surface area (Å²) in [5.41, 5.74) is 1.30. The number of hydrogen-bond donors (Lipinski definition) is 1. The highest BCUT2D eigenvalue weighted by Crippen LogP contribution is 2.27. The molecular formula is C14H21NO3. The Kier molecular flexibility index (Phi) is 4.99. The monoisotopic (exact) mass is 251 g/mol. The lowest BCUT2D eigenvalue weighted by Gasteiger charge is -2.17. The van der Waals surface area contributed by atoms with Gasteiger partial charge in [0.2, 0.25) is 0 Å². The number of fused-ring (bicyclic) bond motifs is 1. The molecule has 0 fully saturated rings. The molecule has 0 amide bonds. The van der Waals surface area contributed by atoms with Gasteiger partial charge in [0.25, 0.3) is 0 Å². The second kappa shape index (κ2) is 6.73. The summed E-state index contributed by atoms with van der Waals surface area (Å²) >= 11 is 0. The summed E-state index contributed by atoms with van der Waals surface area (Å²) in [5.74, 6) is 1.02. The first-order valence-electron chi connectivity index (χ1n) is 6.30. The zero-order valence-corrected chi connectivity index (χ0v) is 11.0. The van der Waals surface area contributed by atoms with E-state index < -0.39 is 0 Å². The number of para-hydroxylation sites is 1. The van der Waals surface area contributed by atoms with Crippen molar-refractivity contribution >= 4 is 0 Å². The summed E-state index contributed by atoms with van der Waals surface area (Å²) in [5, 5.41) is 3.37. The molecule has 1 aromatic carbocycles. The summed E-state index contributed by atoms with van der Waals surface area (Å²) in [6.45, 7) is 2.22. The predicted octanol–water partition coefficient (Wildman–Crippen LogP) is 1.24. The molecule has 0 radical (unpaired) electrons. The van der Waals surface area contributed by atoms with E-state index in [1.807, 2.05) is 12.1 Å². The lowest BCUT2D eigenvalue weighted by molar-refractivity contribution is 0.0278. The molecule has 1 N–H and O–H groups in total. The first-order chi connectivity index (χ1) is 8.83. The Morgan fingerprint density at radius 3 is 2.94 bits per heavy atom. The standard InChI is InChI=1S/C14H21NO3/c1-16-10-13(17-2)9-15-8-12-7-11-5-3-4-6-14(11)18-12/h3-6,12-13,15H,7-10H2,1-2H3. The Morgan fingerprint density at radius 2 is 2.22 bits per heavy atom. The summed E-state index contributed by atoms with van der Waals surface area (Å²) in [6.07, 6.45) is 1.30. The van der Waals surface area contributed by atoms with Crippen molar-refractivity contribution in [1.29, 1.82) is 0 Å². The van der Waals surface area contributed by atoms with E-state index in [-0.39, 0.29) is 12.2 Å². The van der Waals surface area contributed by atoms with Gasteiger partial charge < -0.3 is 19.5 Å². The van der Waals surface area contributed by atoms with Gasteiger partial charge in [-0.05, 0) is 11.6 Å². The van der Waals surface area contributed by atoms with Gasteiger partial charge in [0.1, 0.15) is 11.9 Å². The normalized spacial score (nSPS) is 19.3. The fourth-order valence-corrected chi connectivity index (χ4v) is 2.17. The third-order valence-corrected chi connectivity index (χ3v) is 3.14. The molecule has 0 saturated heterocycles. The molecule has 1 aromatic rings. The van der Waals surface area contributed by atoms with Gasteiger partial charge in [-0.2, -0.15) is 0 Å². The van der Waals surface area contributed by atoms with Crippen molar-refractivity contribution in [3.8, 4) is 5.75 Å². The average molecular weight is 251 g/mol. The van der Waals surface area contributed by atoms with Crippen LogP contribution in [0.4, 0.5) is 0 Å². The van der Waals surface area contributed by atoms with Gasteiger partial charge in [-0.25, -0.2) is 0 Å². The molecular weight excluding hydrogens is 230 g/mol. The lowest BCUT2D eigenvalue weighted by atomic mass is 10.1. The van der Waals surface area contributed by atoms with Crippen LogP contribution in [0, 0.1) is 0 Å². The molecule has 18 heavy (non-hydrogen) atoms. The lowest BCUT2D eigenvalue weighted by Crippen LogP contribution is -2.37. The van der Waals surface area contributed by atoms with E-state index in [2.05, 4.69) is 17.4 Å². The van der Waals surface area contributed by atoms with E-state index in [1.165, 1.54) is 5.56 Å². The van der Waals surface area contributed by atoms with Crippen LogP contribution in [0.1, 0.15) is 5.56 Å². The van der Waals surface area contributed by atoms with Crippen LogP contribution in [0.3, 0.4) is 0 Å². The van der Waals surface area contributed by atoms with Crippen molar-refractivity contribution in [2.75, 3.05) is 33.9 Å². The Bertz CT molecular complexity index is 345. The fraction of sp³-hybridized carbons (Fsp3) is 0.571. The molecule has 4 heteroatoms. The highest BCUT2D eigenvalue weighted by molar-refractivity contribution is 5.37. The minimum atomic E-state index is 0.0961. The number of rotatable bonds is 7. The van der Waals surface area contributed by atoms with Crippen molar-refractivity contribution in [3.63, 3.8) is 0 Å². The maximum absolute atomic E-state index is 5.85. The van der Waals surface area contributed by atoms with Crippen LogP contribution < -0.4 is 10.1 Å². The molecule has 0 bridgehead atoms. The van der Waals surface area contributed by atoms with Gasteiger partial charge in [0.05, 0.1) is 12.7 Å². The second-order valence-corrected chi connectivity index (χ2v) is 4.52. The highest BCUT2D eigenvalue weighted by Gasteiger charge is 2.21. The molecule has 2 unspecified atom stereocenters. The minimum absolute atomic E-state index is 0.0961. The summed E-state index contributed by atoms with van der Waals surface area (Å²) < 4.78 is 16.2. The van der Waals surface area contributed by atoms with E-state index in [1.54, 1.807) is 14.2 Å². The molecule has 0 saturated carbocycles. The minimum Gasteiger partial charge on any atom is -0.488 e. The van der Waals surface area contributed by atoms with Gasteiger partial charge >= 0.3 is 0 Å². The number of nitrogens with one attached hydrogen (secondary N) is 1. The molecule has 0 aromatic heterocycles. The quantitative estimate of drug-likeness (QED) is 0.791. The van der Waals surface area contributed by atoms with E-state index in [4.69, 9.17) is 14.2 Å². The van der Waals surface area contributed by atoms with E-state index in [0.29, 0.717) is 6.61 Å². The van der Waals surface area contributed by atoms with Crippen LogP contribution in [0.5, 0.6) is 5.75 Å². The molecule has 100 valence electrons. The van der Waals surface area contributed by atoms with Gasteiger partial charge in [0.15, 0.2) is 0 Å². The predicted molar refractivity (Wildman–Crippen MR) is 70.1 cm³/mol. The second-order valence-electron chi connectivity index (χ2n) is 4.52. The van der Waals surface area contributed by atoms with Crippen molar-refractivity contribution in [1.82, 2.24) is 5.32 Å². The van der Waals surface area contributed by atoms with Crippen molar-refractivity contribution in [2.24, 2.45) is 0 Å². The highest BCUT2D eigenvalue weighted by atomic mass is 16.5. The topological polar surface area (TPSA) is 39.7 Å². The number of benzene rings is 1. The van der Waals surface area contributed by atoms with Crippen LogP contribution in [0.25, 0.3) is 0 Å². The van der Waals surface area contributed by atoms with Crippen LogP contribution in [-0.2, 0) is 15.9 Å². The smallest absolute Gasteiger partial charge is 0.123 e. The summed E-state index contributed by atoms with van der Waals surface area (Å²) in [4.78, 5) is 0. The number of ether oxygens (including phenoxy) is 3. The molecule has 4 nitrogen and oxygen atoms in total. The van der Waals surface area contributed by atoms with Crippen molar-refractivity contribution in [3.05, 3.63) is 29.8 Å². The van der Waals surface area contributed by atoms with Gasteiger partial charge in [-0.15, -0.1) is 0 Å². The van der Waals surface area contributed by atoms with Crippen LogP contribution >= 0.6 is 0 Å². The van der Waals surface area contributed by atoms with E-state index >= 15 is 0 Å². The molecule has 2 rings (SSSR count). The summed E-state index contributed by atoms with van der Waals surface area (Å²) in [6, 6.07) is 8.21. The zero-order chi connectivity index (χ0) is 12.8. The van der Waals surface area contributed by atoms with Crippen molar-refractivity contribution < 1.29 is 14.2 Å². The van der Waals surface area contributed by atoms with Crippen LogP contribution in [-0.4, -0.2) is 46.1 Å². The van der Waals surface area contributed by atoms with Gasteiger partial charge in [0, 0.05) is 33.7 Å². The SMILES string of the molecule is COCC(CNCC1Cc2ccccc2O1)OC. The van der Waals surface area contributed by atoms with E-state index in [0.717, 1.165) is 25.3 Å². The average Bonchev–Trinajstić information content (AvgIpc) is 2.80. The number of methoxy groups -OCH3 is 2. The molecule has 1 aliphatic rings. The first kappa shape index (κ1) is 13.3. The molecule has 1 aliphatic heterocycles. The van der Waals surface area contributed by atoms with Crippen LogP contribution in [0.2, 0.25) is 0 Å². The zero-order valence-electron chi connectivity index (χ0n) is 11.0. The van der Waals surface area contributed by atoms with Crippen LogP contribution in [0.15, 0.2) is 24.3 Å². The van der Waals surface area contributed by atoms with E-state index in [9.17, 15) is 0 Å². The molecule has 2 atom stereocenters. The Hall–Kier alpha value is -1.10. The summed E-state index contributed by atoms with van der Waals surface area (Å²) in [7, 11) is 3.38. The molecule has 0 spiro atoms. The Labute approximate surface area is 108 Å². The molecule has 0 aliphatic carbocycles. The van der Waals surface area contributed by atoms with Crippen molar-refractivity contribution in [2.45, 2.75) is 18.6 Å². The maximum atomic E-state index is 5.85. The third-order valence-electron chi connectivity index (χ3n) is 3.14. The van der Waals surface area contributed by atoms with Gasteiger partial charge in [-0.3, -0.25) is 0 Å².